The highest BCUT2D eigenvalue weighted by Gasteiger charge is 2.17. The van der Waals surface area contributed by atoms with E-state index in [0.29, 0.717) is 0 Å². The van der Waals surface area contributed by atoms with E-state index >= 15 is 0 Å². The summed E-state index contributed by atoms with van der Waals surface area (Å²) < 4.78 is 4.29. The second-order valence-corrected chi connectivity index (χ2v) is 3.63. The zero-order chi connectivity index (χ0) is 14.6. The van der Waals surface area contributed by atoms with Crippen LogP contribution in [0.1, 0.15) is 33.2 Å². The van der Waals surface area contributed by atoms with E-state index in [1.54, 1.807) is 0 Å². The Bertz CT molecular complexity index is 559. The maximum atomic E-state index is 11.2. The molecule has 1 aromatic rings. The van der Waals surface area contributed by atoms with Crippen LogP contribution in [-0.4, -0.2) is 34.1 Å². The van der Waals surface area contributed by atoms with Crippen molar-refractivity contribution in [2.45, 2.75) is 13.3 Å². The van der Waals surface area contributed by atoms with E-state index in [1.807, 2.05) is 0 Å². The Kier molecular flexibility index (Phi) is 4.36. The molecule has 0 radical (unpaired) electrons. The molecule has 0 amide bonds. The van der Waals surface area contributed by atoms with Gasteiger partial charge < -0.3 is 14.9 Å². The number of carbonyl (C=O) groups is 4. The van der Waals surface area contributed by atoms with Crippen LogP contribution < -0.4 is 0 Å². The molecule has 0 bridgehead atoms. The SMILES string of the molecule is CC(=O)OC(=O)Cc1ccc(C(=O)O)c(C(=O)O)c1. The third-order valence-corrected chi connectivity index (χ3v) is 2.15. The average molecular weight is 266 g/mol. The molecule has 0 fully saturated rings. The number of hydrogen-bond acceptors (Lipinski definition) is 5. The van der Waals surface area contributed by atoms with Crippen LogP contribution in [-0.2, 0) is 20.7 Å². The minimum absolute atomic E-state index is 0.244. The lowest BCUT2D eigenvalue weighted by Gasteiger charge is -2.05. The van der Waals surface area contributed by atoms with Gasteiger partial charge in [-0.15, -0.1) is 0 Å². The highest BCUT2D eigenvalue weighted by atomic mass is 16.6. The maximum Gasteiger partial charge on any atom is 0.336 e. The number of carboxylic acid groups (broad SMARTS) is 2. The van der Waals surface area contributed by atoms with Gasteiger partial charge in [-0.1, -0.05) is 6.07 Å². The van der Waals surface area contributed by atoms with Gasteiger partial charge in [0.1, 0.15) is 0 Å². The van der Waals surface area contributed by atoms with Gasteiger partial charge in [-0.25, -0.2) is 9.59 Å². The average Bonchev–Trinajstić information content (AvgIpc) is 2.27. The van der Waals surface area contributed by atoms with E-state index in [4.69, 9.17) is 10.2 Å². The third-order valence-electron chi connectivity index (χ3n) is 2.15. The van der Waals surface area contributed by atoms with Crippen molar-refractivity contribution in [2.75, 3.05) is 0 Å². The van der Waals surface area contributed by atoms with Crippen LogP contribution in [0.2, 0.25) is 0 Å². The Morgan fingerprint density at radius 3 is 2.11 bits per heavy atom. The van der Waals surface area contributed by atoms with Crippen LogP contribution in [0.5, 0.6) is 0 Å². The molecule has 0 spiro atoms. The summed E-state index contributed by atoms with van der Waals surface area (Å²) in [5, 5.41) is 17.7. The molecule has 0 heterocycles. The number of ether oxygens (including phenoxy) is 1. The van der Waals surface area contributed by atoms with Gasteiger partial charge in [0.25, 0.3) is 0 Å². The highest BCUT2D eigenvalue weighted by molar-refractivity contribution is 6.02. The fourth-order valence-electron chi connectivity index (χ4n) is 1.43. The zero-order valence-corrected chi connectivity index (χ0v) is 9.87. The van der Waals surface area contributed by atoms with Gasteiger partial charge >= 0.3 is 23.9 Å². The highest BCUT2D eigenvalue weighted by Crippen LogP contribution is 2.13. The fourth-order valence-corrected chi connectivity index (χ4v) is 1.43. The molecule has 0 saturated heterocycles. The zero-order valence-electron chi connectivity index (χ0n) is 9.87. The molecular formula is C12H10O7. The molecule has 1 aromatic carbocycles. The smallest absolute Gasteiger partial charge is 0.336 e. The number of carbonyl (C=O) groups excluding carboxylic acids is 2. The van der Waals surface area contributed by atoms with Gasteiger partial charge in [0.15, 0.2) is 0 Å². The first-order chi connectivity index (χ1) is 8.81. The standard InChI is InChI=1S/C12H10O7/c1-6(13)19-10(14)5-7-2-3-8(11(15)16)9(4-7)12(17)18/h2-4H,5H2,1H3,(H,15,16)(H,17,18). The quantitative estimate of drug-likeness (QED) is 0.608. The minimum atomic E-state index is -1.42. The molecule has 0 atom stereocenters. The topological polar surface area (TPSA) is 118 Å². The molecule has 7 heteroatoms. The van der Waals surface area contributed by atoms with Crippen molar-refractivity contribution in [2.24, 2.45) is 0 Å². The molecule has 100 valence electrons. The summed E-state index contributed by atoms with van der Waals surface area (Å²) in [7, 11) is 0. The Labute approximate surface area is 107 Å². The molecular weight excluding hydrogens is 256 g/mol. The Morgan fingerprint density at radius 2 is 1.63 bits per heavy atom. The lowest BCUT2D eigenvalue weighted by Crippen LogP contribution is -2.13. The minimum Gasteiger partial charge on any atom is -0.478 e. The Balaban J connectivity index is 3.02. The predicted molar refractivity (Wildman–Crippen MR) is 60.8 cm³/mol. The summed E-state index contributed by atoms with van der Waals surface area (Å²) in [4.78, 5) is 43.5. The van der Waals surface area contributed by atoms with Crippen molar-refractivity contribution in [3.63, 3.8) is 0 Å². The van der Waals surface area contributed by atoms with Gasteiger partial charge in [-0.2, -0.15) is 0 Å². The molecule has 0 unspecified atom stereocenters. The molecule has 0 aliphatic rings. The van der Waals surface area contributed by atoms with E-state index in [1.165, 1.54) is 6.07 Å². The largest absolute Gasteiger partial charge is 0.478 e. The first-order valence-electron chi connectivity index (χ1n) is 5.12. The Morgan fingerprint density at radius 1 is 1.05 bits per heavy atom. The first kappa shape index (κ1) is 14.4. The van der Waals surface area contributed by atoms with Crippen LogP contribution in [0.25, 0.3) is 0 Å². The second-order valence-electron chi connectivity index (χ2n) is 3.63. The normalized spacial score (nSPS) is 9.74. The molecule has 1 rings (SSSR count). The van der Waals surface area contributed by atoms with Crippen LogP contribution in [0.3, 0.4) is 0 Å². The number of hydrogen-bond donors (Lipinski definition) is 2. The van der Waals surface area contributed by atoms with Crippen molar-refractivity contribution in [3.8, 4) is 0 Å². The molecule has 0 aliphatic carbocycles. The summed E-state index contributed by atoms with van der Waals surface area (Å²) in [5.41, 5.74) is -0.564. The van der Waals surface area contributed by atoms with E-state index in [-0.39, 0.29) is 17.5 Å². The number of carboxylic acids is 2. The molecule has 0 aliphatic heterocycles. The van der Waals surface area contributed by atoms with Crippen LogP contribution in [0.15, 0.2) is 18.2 Å². The van der Waals surface area contributed by atoms with Crippen molar-refractivity contribution in [1.29, 1.82) is 0 Å². The lowest BCUT2D eigenvalue weighted by molar-refractivity contribution is -0.157. The number of benzene rings is 1. The monoisotopic (exact) mass is 266 g/mol. The number of rotatable bonds is 4. The van der Waals surface area contributed by atoms with Crippen molar-refractivity contribution < 1.29 is 34.1 Å². The molecule has 0 aromatic heterocycles. The third kappa shape index (κ3) is 3.91. The first-order valence-corrected chi connectivity index (χ1v) is 5.12. The van der Waals surface area contributed by atoms with Gasteiger partial charge in [0.2, 0.25) is 0 Å². The summed E-state index contributed by atoms with van der Waals surface area (Å²) >= 11 is 0. The lowest BCUT2D eigenvalue weighted by atomic mass is 10.0. The van der Waals surface area contributed by atoms with Crippen LogP contribution in [0.4, 0.5) is 0 Å². The number of aromatic carboxylic acids is 2. The maximum absolute atomic E-state index is 11.2. The van der Waals surface area contributed by atoms with Gasteiger partial charge in [0, 0.05) is 6.92 Å². The van der Waals surface area contributed by atoms with E-state index in [2.05, 4.69) is 4.74 Å². The van der Waals surface area contributed by atoms with E-state index in [9.17, 15) is 19.2 Å². The molecule has 2 N–H and O–H groups in total. The van der Waals surface area contributed by atoms with Gasteiger partial charge in [-0.3, -0.25) is 9.59 Å². The van der Waals surface area contributed by atoms with Crippen LogP contribution in [0, 0.1) is 0 Å². The summed E-state index contributed by atoms with van der Waals surface area (Å²) in [6.07, 6.45) is -0.320. The van der Waals surface area contributed by atoms with Gasteiger partial charge in [-0.05, 0) is 17.7 Å². The van der Waals surface area contributed by atoms with Crippen LogP contribution >= 0.6 is 0 Å². The number of esters is 2. The predicted octanol–water partition coefficient (Wildman–Crippen LogP) is 0.715. The fraction of sp³-hybridized carbons (Fsp3) is 0.167. The summed E-state index contributed by atoms with van der Waals surface area (Å²) in [6, 6.07) is 3.44. The van der Waals surface area contributed by atoms with E-state index < -0.39 is 29.4 Å². The molecule has 19 heavy (non-hydrogen) atoms. The van der Waals surface area contributed by atoms with Crippen molar-refractivity contribution in [1.82, 2.24) is 0 Å². The van der Waals surface area contributed by atoms with Crippen molar-refractivity contribution in [3.05, 3.63) is 34.9 Å². The van der Waals surface area contributed by atoms with Crippen molar-refractivity contribution >= 4 is 23.9 Å². The second kappa shape index (κ2) is 5.76. The Hall–Kier alpha value is -2.70. The molecule has 7 nitrogen and oxygen atoms in total. The van der Waals surface area contributed by atoms with E-state index in [0.717, 1.165) is 19.1 Å². The molecule has 0 saturated carbocycles. The summed E-state index contributed by atoms with van der Waals surface area (Å²) in [6.45, 7) is 1.06. The summed E-state index contributed by atoms with van der Waals surface area (Å²) in [5.74, 6) is -4.41. The van der Waals surface area contributed by atoms with Gasteiger partial charge in [0.05, 0.1) is 17.5 Å².